The fourth-order valence-electron chi connectivity index (χ4n) is 5.45. The zero-order valence-corrected chi connectivity index (χ0v) is 22.2. The van der Waals surface area contributed by atoms with Crippen LogP contribution in [0.25, 0.3) is 0 Å². The third-order valence-corrected chi connectivity index (χ3v) is 7.71. The molecule has 3 unspecified atom stereocenters. The molecular formula is C29H23ClF3N5O3. The van der Waals surface area contributed by atoms with Crippen molar-refractivity contribution in [2.45, 2.75) is 55.5 Å². The summed E-state index contributed by atoms with van der Waals surface area (Å²) in [5, 5.41) is 12.1. The zero-order chi connectivity index (χ0) is 29.3. The maximum atomic E-state index is 14.5. The van der Waals surface area contributed by atoms with Crippen molar-refractivity contribution in [3.63, 3.8) is 0 Å². The number of nitriles is 1. The van der Waals surface area contributed by atoms with Gasteiger partial charge in [-0.2, -0.15) is 9.65 Å². The van der Waals surface area contributed by atoms with Crippen molar-refractivity contribution >= 4 is 35.0 Å². The second kappa shape index (κ2) is 11.3. The van der Waals surface area contributed by atoms with Crippen LogP contribution in [0.2, 0.25) is 5.02 Å². The number of alkyl halides is 2. The minimum absolute atomic E-state index is 0.00753. The van der Waals surface area contributed by atoms with Crippen LogP contribution in [-0.2, 0) is 14.4 Å². The van der Waals surface area contributed by atoms with Gasteiger partial charge in [0.1, 0.15) is 5.82 Å². The van der Waals surface area contributed by atoms with Crippen LogP contribution in [0.15, 0.2) is 60.9 Å². The van der Waals surface area contributed by atoms with E-state index in [9.17, 15) is 32.8 Å². The lowest BCUT2D eigenvalue weighted by atomic mass is 9.75. The van der Waals surface area contributed by atoms with E-state index in [4.69, 9.17) is 11.6 Å². The molecule has 2 fully saturated rings. The Morgan fingerprint density at radius 1 is 1.10 bits per heavy atom. The van der Waals surface area contributed by atoms with E-state index in [0.29, 0.717) is 0 Å². The summed E-state index contributed by atoms with van der Waals surface area (Å²) in [5.74, 6) is -8.23. The molecule has 1 aliphatic carbocycles. The molecule has 210 valence electrons. The fraction of sp³-hybridized carbons (Fsp3) is 0.310. The van der Waals surface area contributed by atoms with Crippen molar-refractivity contribution in [1.29, 1.82) is 5.26 Å². The molecule has 1 N–H and O–H groups in total. The highest BCUT2D eigenvalue weighted by molar-refractivity contribution is 6.31. The number of Topliss-reactive ketones (excluding diaryl/α,β-unsaturated/α-hetero) is 1. The van der Waals surface area contributed by atoms with Gasteiger partial charge in [0.2, 0.25) is 17.8 Å². The van der Waals surface area contributed by atoms with Crippen molar-refractivity contribution < 1.29 is 27.6 Å². The maximum Gasteiger partial charge on any atom is 0.252 e. The first-order chi connectivity index (χ1) is 19.6. The average Bonchev–Trinajstić information content (AvgIpc) is 3.32. The molecule has 1 aliphatic heterocycles. The Kier molecular flexibility index (Phi) is 7.78. The quantitative estimate of drug-likeness (QED) is 0.386. The molecule has 0 spiro atoms. The van der Waals surface area contributed by atoms with Crippen molar-refractivity contribution in [3.05, 3.63) is 88.6 Å². The van der Waals surface area contributed by atoms with Gasteiger partial charge in [-0.3, -0.25) is 19.3 Å². The zero-order valence-electron chi connectivity index (χ0n) is 21.4. The second-order valence-corrected chi connectivity index (χ2v) is 10.5. The number of amides is 2. The largest absolute Gasteiger partial charge is 0.352 e. The van der Waals surface area contributed by atoms with Crippen molar-refractivity contribution in [2.75, 3.05) is 4.90 Å². The van der Waals surface area contributed by atoms with Gasteiger partial charge in [0.15, 0.2) is 5.78 Å². The molecule has 41 heavy (non-hydrogen) atoms. The number of halogens is 4. The first-order valence-corrected chi connectivity index (χ1v) is 13.2. The van der Waals surface area contributed by atoms with E-state index in [0.717, 1.165) is 12.3 Å². The first kappa shape index (κ1) is 28.2. The number of anilines is 1. The van der Waals surface area contributed by atoms with Gasteiger partial charge in [0, 0.05) is 42.7 Å². The summed E-state index contributed by atoms with van der Waals surface area (Å²) in [5.41, 5.74) is 0.549. The van der Waals surface area contributed by atoms with Crippen LogP contribution in [0.4, 0.5) is 19.0 Å². The number of pyridine rings is 2. The molecule has 3 atom stereocenters. The predicted molar refractivity (Wildman–Crippen MR) is 142 cm³/mol. The van der Waals surface area contributed by atoms with Crippen molar-refractivity contribution in [2.24, 2.45) is 0 Å². The number of carbonyl (C=O) groups excluding carboxylic acids is 3. The van der Waals surface area contributed by atoms with E-state index in [1.807, 2.05) is 6.07 Å². The Morgan fingerprint density at radius 3 is 2.51 bits per heavy atom. The minimum atomic E-state index is -2.91. The SMILES string of the molecule is N#Cc1ccnc(N2C(=O)CCC2C(=O)C(c2ccnc(F)c2)C(C(=O)NC2CC(F)(F)C2)c2ccccc2Cl)c1. The summed E-state index contributed by atoms with van der Waals surface area (Å²) in [4.78, 5) is 50.2. The van der Waals surface area contributed by atoms with Gasteiger partial charge in [-0.1, -0.05) is 29.8 Å². The monoisotopic (exact) mass is 581 g/mol. The molecule has 2 aliphatic rings. The summed E-state index contributed by atoms with van der Waals surface area (Å²) in [6.07, 6.45) is 1.45. The molecule has 3 aromatic rings. The molecule has 0 radical (unpaired) electrons. The van der Waals surface area contributed by atoms with Gasteiger partial charge in [-0.15, -0.1) is 0 Å². The molecule has 2 aromatic heterocycles. The number of hydrogen-bond donors (Lipinski definition) is 1. The van der Waals surface area contributed by atoms with Gasteiger partial charge >= 0.3 is 0 Å². The Bertz CT molecular complexity index is 1550. The minimum Gasteiger partial charge on any atom is -0.352 e. The lowest BCUT2D eigenvalue weighted by Crippen LogP contribution is -2.53. The molecule has 1 saturated carbocycles. The van der Waals surface area contributed by atoms with Crippen LogP contribution in [0.3, 0.4) is 0 Å². The van der Waals surface area contributed by atoms with Gasteiger partial charge in [0.05, 0.1) is 29.5 Å². The second-order valence-electron chi connectivity index (χ2n) is 10.1. The molecule has 12 heteroatoms. The Hall–Kier alpha value is -4.30. The van der Waals surface area contributed by atoms with Crippen LogP contribution < -0.4 is 10.2 Å². The van der Waals surface area contributed by atoms with Gasteiger partial charge < -0.3 is 5.32 Å². The predicted octanol–water partition coefficient (Wildman–Crippen LogP) is 4.69. The average molecular weight is 582 g/mol. The highest BCUT2D eigenvalue weighted by Crippen LogP contribution is 2.42. The van der Waals surface area contributed by atoms with Crippen LogP contribution in [0.5, 0.6) is 0 Å². The van der Waals surface area contributed by atoms with E-state index in [1.165, 1.54) is 41.4 Å². The Balaban J connectivity index is 1.61. The summed E-state index contributed by atoms with van der Waals surface area (Å²) in [6, 6.07) is 11.5. The molecule has 8 nitrogen and oxygen atoms in total. The normalized spacial score (nSPS) is 19.6. The summed E-state index contributed by atoms with van der Waals surface area (Å²) < 4.78 is 41.6. The molecule has 1 saturated heterocycles. The third kappa shape index (κ3) is 5.79. The van der Waals surface area contributed by atoms with Gasteiger partial charge in [0.25, 0.3) is 5.92 Å². The van der Waals surface area contributed by atoms with E-state index >= 15 is 0 Å². The first-order valence-electron chi connectivity index (χ1n) is 12.8. The molecule has 1 aromatic carbocycles. The standard InChI is InChI=1S/C29H23ClF3N5O3/c30-20-4-2-1-3-19(20)26(28(41)37-18-13-29(32,33)14-18)25(17-8-10-35-22(31)12-17)27(40)21-5-6-24(39)38(21)23-11-16(15-34)7-9-36-23/h1-4,7-12,18,21,25-26H,5-6,13-14H2,(H,37,41). The number of hydrogen-bond acceptors (Lipinski definition) is 6. The molecule has 5 rings (SSSR count). The summed E-state index contributed by atoms with van der Waals surface area (Å²) in [6.45, 7) is 0. The van der Waals surface area contributed by atoms with Gasteiger partial charge in [-0.25, -0.2) is 18.7 Å². The molecule has 0 bridgehead atoms. The van der Waals surface area contributed by atoms with Crippen LogP contribution >= 0.6 is 11.6 Å². The van der Waals surface area contributed by atoms with Crippen LogP contribution in [0, 0.1) is 17.3 Å². The van der Waals surface area contributed by atoms with Crippen molar-refractivity contribution in [1.82, 2.24) is 15.3 Å². The third-order valence-electron chi connectivity index (χ3n) is 7.37. The lowest BCUT2D eigenvalue weighted by molar-refractivity contribution is -0.134. The highest BCUT2D eigenvalue weighted by Gasteiger charge is 2.49. The Labute approximate surface area is 238 Å². The number of ketones is 1. The van der Waals surface area contributed by atoms with Crippen LogP contribution in [0.1, 0.15) is 54.2 Å². The van der Waals surface area contributed by atoms with E-state index in [2.05, 4.69) is 15.3 Å². The lowest BCUT2D eigenvalue weighted by Gasteiger charge is -2.37. The smallest absolute Gasteiger partial charge is 0.252 e. The van der Waals surface area contributed by atoms with Crippen molar-refractivity contribution in [3.8, 4) is 6.07 Å². The number of nitrogens with one attached hydrogen (secondary N) is 1. The van der Waals surface area contributed by atoms with E-state index in [-0.39, 0.29) is 40.4 Å². The fourth-order valence-corrected chi connectivity index (χ4v) is 5.71. The number of aromatic nitrogens is 2. The maximum absolute atomic E-state index is 14.5. The number of carbonyl (C=O) groups is 3. The van der Waals surface area contributed by atoms with Gasteiger partial charge in [-0.05, 0) is 47.9 Å². The molecule has 3 heterocycles. The topological polar surface area (TPSA) is 116 Å². The number of nitrogens with zero attached hydrogens (tertiary/aromatic N) is 4. The molecular weight excluding hydrogens is 559 g/mol. The number of rotatable bonds is 8. The summed E-state index contributed by atoms with van der Waals surface area (Å²) in [7, 11) is 0. The van der Waals surface area contributed by atoms with E-state index in [1.54, 1.807) is 12.1 Å². The summed E-state index contributed by atoms with van der Waals surface area (Å²) >= 11 is 6.50. The molecule has 2 amide bonds. The highest BCUT2D eigenvalue weighted by atomic mass is 35.5. The van der Waals surface area contributed by atoms with Crippen LogP contribution in [-0.4, -0.2) is 45.6 Å². The Morgan fingerprint density at radius 2 is 1.83 bits per heavy atom. The number of benzene rings is 1. The van der Waals surface area contributed by atoms with E-state index < -0.39 is 66.2 Å².